The van der Waals surface area contributed by atoms with Gasteiger partial charge in [0.05, 0.1) is 22.7 Å². The molecule has 2 bridgehead atoms. The molecule has 6 rings (SSSR count). The molecule has 1 fully saturated rings. The number of benzene rings is 1. The molecule has 0 amide bonds. The van der Waals surface area contributed by atoms with Crippen molar-refractivity contribution in [2.75, 3.05) is 0 Å². The van der Waals surface area contributed by atoms with Crippen molar-refractivity contribution in [3.8, 4) is 11.4 Å². The van der Waals surface area contributed by atoms with Crippen LogP contribution in [0.25, 0.3) is 11.4 Å². The van der Waals surface area contributed by atoms with Crippen molar-refractivity contribution < 1.29 is 5.11 Å². The smallest absolute Gasteiger partial charge is 0.0954 e. The van der Waals surface area contributed by atoms with Crippen LogP contribution in [0.15, 0.2) is 66.9 Å². The van der Waals surface area contributed by atoms with Gasteiger partial charge in [0.15, 0.2) is 0 Å². The van der Waals surface area contributed by atoms with Crippen LogP contribution in [0.3, 0.4) is 0 Å². The monoisotopic (exact) mass is 370 g/mol. The predicted octanol–water partition coefficient (Wildman–Crippen LogP) is 5.28. The zero-order valence-corrected chi connectivity index (χ0v) is 16.6. The minimum Gasteiger partial charge on any atom is -0.385 e. The summed E-state index contributed by atoms with van der Waals surface area (Å²) in [5, 5.41) is 11.8. The Hall–Kier alpha value is -2.52. The highest BCUT2D eigenvalue weighted by Crippen LogP contribution is 2.69. The van der Waals surface area contributed by atoms with Gasteiger partial charge < -0.3 is 5.11 Å². The topological polar surface area (TPSA) is 46.0 Å². The van der Waals surface area contributed by atoms with Gasteiger partial charge in [0.25, 0.3) is 0 Å². The fourth-order valence-electron chi connectivity index (χ4n) is 5.54. The van der Waals surface area contributed by atoms with Gasteiger partial charge in [-0.05, 0) is 59.9 Å². The summed E-state index contributed by atoms with van der Waals surface area (Å²) in [6.07, 6.45) is 2.92. The second-order valence-electron chi connectivity index (χ2n) is 9.09. The molecule has 3 aromatic rings. The lowest BCUT2D eigenvalue weighted by Gasteiger charge is -2.62. The summed E-state index contributed by atoms with van der Waals surface area (Å²) in [6, 6.07) is 20.3. The van der Waals surface area contributed by atoms with Gasteiger partial charge in [-0.1, -0.05) is 56.3 Å². The molecule has 0 saturated heterocycles. The number of hydrogen-bond acceptors (Lipinski definition) is 3. The minimum absolute atomic E-state index is 0.0337. The second kappa shape index (κ2) is 5.99. The van der Waals surface area contributed by atoms with Crippen molar-refractivity contribution in [1.29, 1.82) is 0 Å². The lowest BCUT2D eigenvalue weighted by atomic mass is 9.42. The van der Waals surface area contributed by atoms with Crippen molar-refractivity contribution in [3.05, 3.63) is 83.7 Å². The Kier molecular flexibility index (Phi) is 3.76. The van der Waals surface area contributed by atoms with E-state index in [1.54, 1.807) is 6.20 Å². The Labute approximate surface area is 166 Å². The summed E-state index contributed by atoms with van der Waals surface area (Å²) in [4.78, 5) is 9.56. The Morgan fingerprint density at radius 3 is 2.39 bits per heavy atom. The average molecular weight is 370 g/mol. The first-order chi connectivity index (χ1) is 13.4. The molecule has 28 heavy (non-hydrogen) atoms. The maximum absolute atomic E-state index is 11.8. The van der Waals surface area contributed by atoms with E-state index in [-0.39, 0.29) is 11.3 Å². The lowest BCUT2D eigenvalue weighted by Crippen LogP contribution is -2.55. The maximum atomic E-state index is 11.8. The van der Waals surface area contributed by atoms with Gasteiger partial charge in [-0.15, -0.1) is 0 Å². The van der Waals surface area contributed by atoms with E-state index in [1.165, 1.54) is 5.56 Å². The van der Waals surface area contributed by atoms with Crippen LogP contribution in [0.2, 0.25) is 0 Å². The number of aliphatic hydroxyl groups is 1. The SMILES string of the molecule is CC1(C)[C@@H]2C[C@H]1c1ccc(-c3ccccn3)nc1[C@H]2[C@](C)(O)c1ccccc1. The number of aromatic nitrogens is 2. The minimum atomic E-state index is -0.973. The van der Waals surface area contributed by atoms with Crippen LogP contribution in [0, 0.1) is 11.3 Å². The summed E-state index contributed by atoms with van der Waals surface area (Å²) < 4.78 is 0. The van der Waals surface area contributed by atoms with Gasteiger partial charge in [-0.3, -0.25) is 9.97 Å². The molecule has 3 nitrogen and oxygen atoms in total. The van der Waals surface area contributed by atoms with E-state index in [0.29, 0.717) is 11.8 Å². The molecular weight excluding hydrogens is 344 g/mol. The van der Waals surface area contributed by atoms with Gasteiger partial charge in [0, 0.05) is 12.1 Å². The second-order valence-corrected chi connectivity index (χ2v) is 9.09. The molecule has 4 atom stereocenters. The molecule has 3 aliphatic carbocycles. The maximum Gasteiger partial charge on any atom is 0.0954 e. The first-order valence-electron chi connectivity index (χ1n) is 10.1. The van der Waals surface area contributed by atoms with Crippen LogP contribution in [-0.4, -0.2) is 15.1 Å². The van der Waals surface area contributed by atoms with E-state index in [4.69, 9.17) is 4.98 Å². The van der Waals surface area contributed by atoms with E-state index in [9.17, 15) is 5.11 Å². The van der Waals surface area contributed by atoms with Crippen LogP contribution >= 0.6 is 0 Å². The fourth-order valence-corrected chi connectivity index (χ4v) is 5.54. The summed E-state index contributed by atoms with van der Waals surface area (Å²) in [6.45, 7) is 6.64. The summed E-state index contributed by atoms with van der Waals surface area (Å²) in [5.74, 6) is 0.890. The summed E-state index contributed by atoms with van der Waals surface area (Å²) in [5.41, 5.74) is 4.27. The van der Waals surface area contributed by atoms with Crippen molar-refractivity contribution in [2.45, 2.75) is 44.6 Å². The zero-order valence-electron chi connectivity index (χ0n) is 16.6. The Morgan fingerprint density at radius 2 is 1.71 bits per heavy atom. The number of rotatable bonds is 3. The van der Waals surface area contributed by atoms with E-state index in [2.05, 4.69) is 31.0 Å². The molecule has 2 aromatic heterocycles. The first kappa shape index (κ1) is 17.6. The molecular formula is C25H26N2O. The molecule has 1 aromatic carbocycles. The quantitative estimate of drug-likeness (QED) is 0.682. The molecule has 1 N–H and O–H groups in total. The zero-order chi connectivity index (χ0) is 19.5. The van der Waals surface area contributed by atoms with E-state index in [1.807, 2.05) is 55.5 Å². The molecule has 0 radical (unpaired) electrons. The van der Waals surface area contributed by atoms with E-state index in [0.717, 1.165) is 29.1 Å². The molecule has 1 saturated carbocycles. The third-order valence-electron chi connectivity index (χ3n) is 7.26. The fraction of sp³-hybridized carbons (Fsp3) is 0.360. The predicted molar refractivity (Wildman–Crippen MR) is 111 cm³/mol. The summed E-state index contributed by atoms with van der Waals surface area (Å²) >= 11 is 0. The highest BCUT2D eigenvalue weighted by molar-refractivity contribution is 5.57. The summed E-state index contributed by atoms with van der Waals surface area (Å²) in [7, 11) is 0. The number of nitrogens with zero attached hydrogens (tertiary/aromatic N) is 2. The van der Waals surface area contributed by atoms with Gasteiger partial charge in [-0.25, -0.2) is 0 Å². The van der Waals surface area contributed by atoms with Crippen molar-refractivity contribution in [1.82, 2.24) is 9.97 Å². The Balaban J connectivity index is 1.68. The van der Waals surface area contributed by atoms with Crippen LogP contribution in [-0.2, 0) is 5.60 Å². The Bertz CT molecular complexity index is 1010. The normalized spacial score (nSPS) is 26.6. The van der Waals surface area contributed by atoms with Crippen LogP contribution in [0.4, 0.5) is 0 Å². The number of pyridine rings is 2. The molecule has 142 valence electrons. The number of hydrogen-bond donors (Lipinski definition) is 1. The third-order valence-corrected chi connectivity index (χ3v) is 7.26. The van der Waals surface area contributed by atoms with Crippen molar-refractivity contribution in [3.63, 3.8) is 0 Å². The molecule has 0 unspecified atom stereocenters. The third kappa shape index (κ3) is 2.39. The first-order valence-corrected chi connectivity index (χ1v) is 10.1. The van der Waals surface area contributed by atoms with Gasteiger partial charge in [0.1, 0.15) is 0 Å². The molecule has 3 aliphatic rings. The van der Waals surface area contributed by atoms with Crippen LogP contribution < -0.4 is 0 Å². The van der Waals surface area contributed by atoms with E-state index >= 15 is 0 Å². The average Bonchev–Trinajstić information content (AvgIpc) is 2.73. The highest BCUT2D eigenvalue weighted by atomic mass is 16.3. The highest BCUT2D eigenvalue weighted by Gasteiger charge is 2.61. The molecule has 2 heterocycles. The molecule has 0 aliphatic heterocycles. The van der Waals surface area contributed by atoms with Gasteiger partial charge in [0.2, 0.25) is 0 Å². The Morgan fingerprint density at radius 1 is 0.964 bits per heavy atom. The van der Waals surface area contributed by atoms with Gasteiger partial charge >= 0.3 is 0 Å². The van der Waals surface area contributed by atoms with Gasteiger partial charge in [-0.2, -0.15) is 0 Å². The van der Waals surface area contributed by atoms with Crippen LogP contribution in [0.5, 0.6) is 0 Å². The van der Waals surface area contributed by atoms with Crippen molar-refractivity contribution in [2.24, 2.45) is 11.3 Å². The lowest BCUT2D eigenvalue weighted by molar-refractivity contribution is -0.0906. The van der Waals surface area contributed by atoms with Crippen molar-refractivity contribution >= 4 is 0 Å². The largest absolute Gasteiger partial charge is 0.385 e. The van der Waals surface area contributed by atoms with Crippen LogP contribution in [0.1, 0.15) is 55.8 Å². The van der Waals surface area contributed by atoms with E-state index < -0.39 is 5.60 Å². The molecule has 0 spiro atoms. The standard InChI is InChI=1S/C25H26N2O/c1-24(2)18-15-19(24)22(25(3,28)16-9-5-4-6-10-16)23-17(18)12-13-21(27-23)20-11-7-8-14-26-20/h4-14,18-19,22,28H,15H2,1-3H3/t18-,19+,22-,25+/m0/s1. The molecule has 3 heteroatoms.